The molecule has 1 fully saturated rings. The molecule has 0 aliphatic carbocycles. The fraction of sp³-hybridized carbons (Fsp3) is 0.333. The van der Waals surface area contributed by atoms with Gasteiger partial charge in [-0.1, -0.05) is 12.1 Å². The topological polar surface area (TPSA) is 30.7 Å². The van der Waals surface area contributed by atoms with Crippen LogP contribution in [-0.2, 0) is 6.42 Å². The molecule has 1 unspecified atom stereocenters. The first-order valence-electron chi connectivity index (χ1n) is 7.82. The molecule has 0 N–H and O–H groups in total. The lowest BCUT2D eigenvalue weighted by molar-refractivity contribution is 0.737. The van der Waals surface area contributed by atoms with E-state index in [2.05, 4.69) is 58.6 Å². The summed E-state index contributed by atoms with van der Waals surface area (Å²) in [4.78, 5) is 9.45. The van der Waals surface area contributed by atoms with Crippen molar-refractivity contribution in [2.24, 2.45) is 0 Å². The van der Waals surface area contributed by atoms with Crippen molar-refractivity contribution in [3.05, 3.63) is 54.0 Å². The minimum absolute atomic E-state index is 0.695. The number of rotatable bonds is 3. The van der Waals surface area contributed by atoms with Gasteiger partial charge in [-0.15, -0.1) is 0 Å². The molecular weight excluding hydrogens is 290 g/mol. The summed E-state index contributed by atoms with van der Waals surface area (Å²) in [6.45, 7) is 2.13. The van der Waals surface area contributed by atoms with E-state index >= 15 is 0 Å². The van der Waals surface area contributed by atoms with Crippen LogP contribution in [0, 0.1) is 6.92 Å². The first-order valence-corrected chi connectivity index (χ1v) is 8.87. The fourth-order valence-corrected chi connectivity index (χ4v) is 4.41. The maximum absolute atomic E-state index is 4.87. The van der Waals surface area contributed by atoms with Crippen molar-refractivity contribution in [3.63, 3.8) is 0 Å². The Bertz CT molecular complexity index is 803. The van der Waals surface area contributed by atoms with Crippen molar-refractivity contribution < 1.29 is 0 Å². The third-order valence-corrected chi connectivity index (χ3v) is 5.58. The zero-order valence-corrected chi connectivity index (χ0v) is 13.5. The second-order valence-electron chi connectivity index (χ2n) is 5.89. The van der Waals surface area contributed by atoms with Gasteiger partial charge in [-0.05, 0) is 55.3 Å². The molecule has 0 bridgehead atoms. The molecule has 1 saturated heterocycles. The predicted octanol–water partition coefficient (Wildman–Crippen LogP) is 4.17. The molecule has 3 aromatic rings. The second-order valence-corrected chi connectivity index (χ2v) is 7.30. The molecule has 4 rings (SSSR count). The molecule has 3 nitrogen and oxygen atoms in total. The van der Waals surface area contributed by atoms with Gasteiger partial charge in [-0.25, -0.2) is 9.97 Å². The lowest BCUT2D eigenvalue weighted by Crippen LogP contribution is -2.09. The Labute approximate surface area is 134 Å². The summed E-state index contributed by atoms with van der Waals surface area (Å²) >= 11 is 2.08. The Hall–Kier alpha value is -1.81. The normalized spacial score (nSPS) is 18.1. The van der Waals surface area contributed by atoms with Crippen LogP contribution in [0.5, 0.6) is 0 Å². The number of fused-ring (bicyclic) bond motifs is 1. The van der Waals surface area contributed by atoms with E-state index in [0.717, 1.165) is 23.4 Å². The summed E-state index contributed by atoms with van der Waals surface area (Å²) in [5.74, 6) is 2.42. The van der Waals surface area contributed by atoms with Crippen LogP contribution in [0.2, 0.25) is 0 Å². The zero-order valence-electron chi connectivity index (χ0n) is 12.7. The highest BCUT2D eigenvalue weighted by molar-refractivity contribution is 8.00. The van der Waals surface area contributed by atoms with E-state index in [1.54, 1.807) is 0 Å². The van der Waals surface area contributed by atoms with E-state index in [1.165, 1.54) is 29.8 Å². The average Bonchev–Trinajstić information content (AvgIpc) is 3.14. The van der Waals surface area contributed by atoms with Gasteiger partial charge in [0, 0.05) is 23.6 Å². The molecule has 112 valence electrons. The van der Waals surface area contributed by atoms with E-state index in [-0.39, 0.29) is 0 Å². The molecular formula is C18H19N3S. The zero-order chi connectivity index (χ0) is 14.9. The van der Waals surface area contributed by atoms with Crippen LogP contribution in [0.25, 0.3) is 16.9 Å². The summed E-state index contributed by atoms with van der Waals surface area (Å²) in [5, 5.41) is 0.695. The second kappa shape index (κ2) is 5.76. The molecule has 1 aromatic carbocycles. The van der Waals surface area contributed by atoms with Crippen LogP contribution in [0.1, 0.15) is 24.2 Å². The highest BCUT2D eigenvalue weighted by Gasteiger charge is 2.21. The van der Waals surface area contributed by atoms with Crippen LogP contribution in [0.4, 0.5) is 0 Å². The van der Waals surface area contributed by atoms with Gasteiger partial charge in [0.05, 0.1) is 0 Å². The molecule has 4 heteroatoms. The number of benzene rings is 1. The van der Waals surface area contributed by atoms with Gasteiger partial charge >= 0.3 is 0 Å². The first kappa shape index (κ1) is 13.8. The van der Waals surface area contributed by atoms with Crippen LogP contribution < -0.4 is 0 Å². The number of pyridine rings is 1. The quantitative estimate of drug-likeness (QED) is 0.727. The Balaban J connectivity index is 1.85. The lowest BCUT2D eigenvalue weighted by atomic mass is 10.2. The van der Waals surface area contributed by atoms with Crippen molar-refractivity contribution in [2.75, 3.05) is 5.75 Å². The number of nitrogens with zero attached hydrogens (tertiary/aromatic N) is 3. The molecule has 1 atom stereocenters. The maximum Gasteiger partial charge on any atom is 0.164 e. The van der Waals surface area contributed by atoms with Gasteiger partial charge in [0.2, 0.25) is 0 Å². The summed E-state index contributed by atoms with van der Waals surface area (Å²) in [6, 6.07) is 12.6. The van der Waals surface area contributed by atoms with Crippen molar-refractivity contribution in [1.29, 1.82) is 0 Å². The molecule has 1 aliphatic rings. The lowest BCUT2D eigenvalue weighted by Gasteiger charge is -2.12. The molecule has 22 heavy (non-hydrogen) atoms. The molecule has 2 aromatic heterocycles. The molecule has 0 radical (unpaired) electrons. The highest BCUT2D eigenvalue weighted by Crippen LogP contribution is 2.30. The molecule has 0 spiro atoms. The van der Waals surface area contributed by atoms with Crippen molar-refractivity contribution >= 4 is 22.9 Å². The van der Waals surface area contributed by atoms with Crippen LogP contribution >= 0.6 is 11.8 Å². The SMILES string of the molecule is Cc1cccc(-n2c(CC3CCCS3)nc3cccnc32)c1. The van der Waals surface area contributed by atoms with E-state index in [4.69, 9.17) is 4.98 Å². The summed E-state index contributed by atoms with van der Waals surface area (Å²) in [6.07, 6.45) is 5.51. The molecule has 0 amide bonds. The largest absolute Gasteiger partial charge is 0.281 e. The monoisotopic (exact) mass is 309 g/mol. The minimum atomic E-state index is 0.695. The van der Waals surface area contributed by atoms with Gasteiger partial charge in [-0.3, -0.25) is 4.57 Å². The third-order valence-electron chi connectivity index (χ3n) is 4.18. The molecule has 0 saturated carbocycles. The third kappa shape index (κ3) is 2.52. The summed E-state index contributed by atoms with van der Waals surface area (Å²) < 4.78 is 2.24. The van der Waals surface area contributed by atoms with Crippen molar-refractivity contribution in [2.45, 2.75) is 31.4 Å². The number of imidazole rings is 1. The maximum atomic E-state index is 4.87. The predicted molar refractivity (Wildman–Crippen MR) is 92.8 cm³/mol. The Kier molecular flexibility index (Phi) is 3.62. The van der Waals surface area contributed by atoms with E-state index in [1.807, 2.05) is 12.3 Å². The fourth-order valence-electron chi connectivity index (χ4n) is 3.14. The van der Waals surface area contributed by atoms with Gasteiger partial charge in [0.25, 0.3) is 0 Å². The number of thioether (sulfide) groups is 1. The Morgan fingerprint density at radius 1 is 1.27 bits per heavy atom. The number of hydrogen-bond donors (Lipinski definition) is 0. The highest BCUT2D eigenvalue weighted by atomic mass is 32.2. The number of aromatic nitrogens is 3. The van der Waals surface area contributed by atoms with Gasteiger partial charge in [0.1, 0.15) is 11.3 Å². The Morgan fingerprint density at radius 2 is 2.23 bits per heavy atom. The van der Waals surface area contributed by atoms with E-state index in [0.29, 0.717) is 5.25 Å². The van der Waals surface area contributed by atoms with Crippen LogP contribution in [0.3, 0.4) is 0 Å². The van der Waals surface area contributed by atoms with Gasteiger partial charge < -0.3 is 0 Å². The molecule has 1 aliphatic heterocycles. The standard InChI is InChI=1S/C18H19N3S/c1-13-5-2-6-14(11-13)21-17(12-15-7-4-10-22-15)20-16-8-3-9-19-18(16)21/h2-3,5-6,8-9,11,15H,4,7,10,12H2,1H3. The number of hydrogen-bond acceptors (Lipinski definition) is 3. The average molecular weight is 309 g/mol. The van der Waals surface area contributed by atoms with Gasteiger partial charge in [-0.2, -0.15) is 11.8 Å². The van der Waals surface area contributed by atoms with Crippen molar-refractivity contribution in [1.82, 2.24) is 14.5 Å². The summed E-state index contributed by atoms with van der Waals surface area (Å²) in [5.41, 5.74) is 4.38. The van der Waals surface area contributed by atoms with Crippen LogP contribution in [0.15, 0.2) is 42.6 Å². The summed E-state index contributed by atoms with van der Waals surface area (Å²) in [7, 11) is 0. The van der Waals surface area contributed by atoms with Gasteiger partial charge in [0.15, 0.2) is 5.65 Å². The Morgan fingerprint density at radius 3 is 3.05 bits per heavy atom. The van der Waals surface area contributed by atoms with Crippen molar-refractivity contribution in [3.8, 4) is 5.69 Å². The first-order chi connectivity index (χ1) is 10.8. The smallest absolute Gasteiger partial charge is 0.164 e. The number of aryl methyl sites for hydroxylation is 1. The van der Waals surface area contributed by atoms with E-state index in [9.17, 15) is 0 Å². The molecule has 3 heterocycles. The van der Waals surface area contributed by atoms with E-state index < -0.39 is 0 Å². The van der Waals surface area contributed by atoms with Crippen LogP contribution in [-0.4, -0.2) is 25.5 Å². The minimum Gasteiger partial charge on any atom is -0.281 e.